The van der Waals surface area contributed by atoms with Gasteiger partial charge in [0.15, 0.2) is 5.01 Å². The van der Waals surface area contributed by atoms with Crippen molar-refractivity contribution in [2.75, 3.05) is 5.43 Å². The molecule has 84 valence electrons. The Bertz CT molecular complexity index is 477. The summed E-state index contributed by atoms with van der Waals surface area (Å²) in [6, 6.07) is 1.68. The Morgan fingerprint density at radius 1 is 1.44 bits per heavy atom. The lowest BCUT2D eigenvalue weighted by molar-refractivity contribution is 0.303. The summed E-state index contributed by atoms with van der Waals surface area (Å²) in [7, 11) is 0. The van der Waals surface area contributed by atoms with E-state index in [0.29, 0.717) is 27.5 Å². The predicted molar refractivity (Wildman–Crippen MR) is 61.3 cm³/mol. The molecule has 0 fully saturated rings. The first-order valence-corrected chi connectivity index (χ1v) is 5.50. The molecular formula is C8H8ClN5OS. The van der Waals surface area contributed by atoms with Crippen LogP contribution >= 0.6 is 22.9 Å². The first kappa shape index (κ1) is 11.1. The van der Waals surface area contributed by atoms with Crippen molar-refractivity contribution in [2.45, 2.75) is 6.61 Å². The molecule has 16 heavy (non-hydrogen) atoms. The van der Waals surface area contributed by atoms with Crippen molar-refractivity contribution in [3.63, 3.8) is 0 Å². The Morgan fingerprint density at radius 2 is 2.31 bits per heavy atom. The highest BCUT2D eigenvalue weighted by molar-refractivity contribution is 7.15. The topological polar surface area (TPSA) is 86.0 Å². The van der Waals surface area contributed by atoms with E-state index in [0.717, 1.165) is 0 Å². The largest absolute Gasteiger partial charge is 0.485 e. The van der Waals surface area contributed by atoms with E-state index in [1.165, 1.54) is 17.5 Å². The smallest absolute Gasteiger partial charge is 0.219 e. The first-order valence-electron chi connectivity index (χ1n) is 4.30. The third kappa shape index (κ3) is 2.78. The molecule has 0 aliphatic rings. The molecule has 0 radical (unpaired) electrons. The van der Waals surface area contributed by atoms with Crippen LogP contribution in [0.1, 0.15) is 5.01 Å². The van der Waals surface area contributed by atoms with Crippen molar-refractivity contribution >= 4 is 28.1 Å². The average Bonchev–Trinajstić information content (AvgIpc) is 2.74. The van der Waals surface area contributed by atoms with E-state index in [-0.39, 0.29) is 0 Å². The molecule has 0 aromatic carbocycles. The van der Waals surface area contributed by atoms with Crippen molar-refractivity contribution < 1.29 is 4.74 Å². The van der Waals surface area contributed by atoms with Gasteiger partial charge in [-0.15, -0.1) is 10.2 Å². The molecule has 3 N–H and O–H groups in total. The number of nitrogens with two attached hydrogens (primary N) is 1. The number of nitrogens with zero attached hydrogens (tertiary/aromatic N) is 3. The van der Waals surface area contributed by atoms with Gasteiger partial charge in [-0.2, -0.15) is 0 Å². The van der Waals surface area contributed by atoms with E-state index in [9.17, 15) is 0 Å². The third-order valence-corrected chi connectivity index (χ3v) is 2.67. The summed E-state index contributed by atoms with van der Waals surface area (Å²) in [6.07, 6.45) is 3.12. The third-order valence-electron chi connectivity index (χ3n) is 1.63. The zero-order valence-electron chi connectivity index (χ0n) is 8.05. The molecule has 6 nitrogen and oxygen atoms in total. The van der Waals surface area contributed by atoms with Crippen LogP contribution in [-0.4, -0.2) is 15.2 Å². The SMILES string of the molecule is NNc1nnc(COc2cncc(Cl)c2)s1. The molecule has 0 unspecified atom stereocenters. The lowest BCUT2D eigenvalue weighted by Crippen LogP contribution is -2.05. The number of nitrogens with one attached hydrogen (secondary N) is 1. The zero-order chi connectivity index (χ0) is 11.4. The van der Waals surface area contributed by atoms with Gasteiger partial charge in [0.05, 0.1) is 11.2 Å². The fraction of sp³-hybridized carbons (Fsp3) is 0.125. The zero-order valence-corrected chi connectivity index (χ0v) is 9.63. The van der Waals surface area contributed by atoms with Crippen molar-refractivity contribution in [1.29, 1.82) is 0 Å². The number of hydrogen-bond donors (Lipinski definition) is 2. The number of rotatable bonds is 4. The Morgan fingerprint density at radius 3 is 3.00 bits per heavy atom. The number of anilines is 1. The molecule has 0 amide bonds. The second-order valence-corrected chi connectivity index (χ2v) is 4.27. The van der Waals surface area contributed by atoms with Gasteiger partial charge in [-0.25, -0.2) is 5.84 Å². The molecule has 0 aliphatic carbocycles. The van der Waals surface area contributed by atoms with Crippen LogP contribution in [0.3, 0.4) is 0 Å². The number of halogens is 1. The molecule has 2 aromatic rings. The molecule has 0 spiro atoms. The van der Waals surface area contributed by atoms with Crippen LogP contribution in [0.2, 0.25) is 5.02 Å². The van der Waals surface area contributed by atoms with E-state index < -0.39 is 0 Å². The fourth-order valence-corrected chi connectivity index (χ4v) is 1.71. The number of ether oxygens (including phenoxy) is 1. The number of pyridine rings is 1. The second kappa shape index (κ2) is 5.06. The van der Waals surface area contributed by atoms with Gasteiger partial charge >= 0.3 is 0 Å². The standard InChI is InChI=1S/C8H8ClN5OS/c9-5-1-6(3-11-2-5)15-4-7-13-14-8(12-10)16-7/h1-3H,4,10H2,(H,12,14). The van der Waals surface area contributed by atoms with Gasteiger partial charge in [-0.05, 0) is 0 Å². The number of hydrazine groups is 1. The highest BCUT2D eigenvalue weighted by atomic mass is 35.5. The highest BCUT2D eigenvalue weighted by Crippen LogP contribution is 2.19. The van der Waals surface area contributed by atoms with E-state index in [2.05, 4.69) is 20.6 Å². The van der Waals surface area contributed by atoms with Gasteiger partial charge < -0.3 is 4.74 Å². The molecule has 2 heterocycles. The fourth-order valence-electron chi connectivity index (χ4n) is 0.987. The Labute approximate surface area is 100 Å². The number of nitrogen functional groups attached to an aromatic ring is 1. The summed E-state index contributed by atoms with van der Waals surface area (Å²) in [6.45, 7) is 0.307. The monoisotopic (exact) mass is 257 g/mol. The van der Waals surface area contributed by atoms with E-state index in [1.807, 2.05) is 0 Å². The summed E-state index contributed by atoms with van der Waals surface area (Å²) in [5, 5.41) is 9.43. The molecule has 0 aliphatic heterocycles. The maximum absolute atomic E-state index is 5.76. The van der Waals surface area contributed by atoms with E-state index in [1.54, 1.807) is 12.3 Å². The second-order valence-electron chi connectivity index (χ2n) is 2.77. The molecule has 8 heteroatoms. The lowest BCUT2D eigenvalue weighted by atomic mass is 10.5. The Balaban J connectivity index is 1.96. The normalized spacial score (nSPS) is 10.1. The van der Waals surface area contributed by atoms with Gasteiger partial charge in [0.2, 0.25) is 5.13 Å². The minimum Gasteiger partial charge on any atom is -0.485 e. The molecule has 0 atom stereocenters. The van der Waals surface area contributed by atoms with Crippen LogP contribution in [-0.2, 0) is 6.61 Å². The average molecular weight is 258 g/mol. The Kier molecular flexibility index (Phi) is 3.50. The minimum absolute atomic E-state index is 0.307. The number of aromatic nitrogens is 3. The van der Waals surface area contributed by atoms with Gasteiger partial charge in [0.25, 0.3) is 0 Å². The Hall–Kier alpha value is -1.44. The summed E-state index contributed by atoms with van der Waals surface area (Å²) in [5.41, 5.74) is 2.41. The molecular weight excluding hydrogens is 250 g/mol. The van der Waals surface area contributed by atoms with Crippen molar-refractivity contribution in [2.24, 2.45) is 5.84 Å². The van der Waals surface area contributed by atoms with Crippen LogP contribution in [0, 0.1) is 0 Å². The van der Waals surface area contributed by atoms with E-state index in [4.69, 9.17) is 22.2 Å². The predicted octanol–water partition coefficient (Wildman–Crippen LogP) is 1.45. The van der Waals surface area contributed by atoms with Gasteiger partial charge in [0.1, 0.15) is 12.4 Å². The maximum Gasteiger partial charge on any atom is 0.219 e. The number of hydrogen-bond acceptors (Lipinski definition) is 7. The van der Waals surface area contributed by atoms with Gasteiger partial charge in [-0.1, -0.05) is 22.9 Å². The first-order chi connectivity index (χ1) is 7.78. The van der Waals surface area contributed by atoms with Crippen LogP contribution in [0.15, 0.2) is 18.5 Å². The van der Waals surface area contributed by atoms with Crippen molar-refractivity contribution in [3.8, 4) is 5.75 Å². The lowest BCUT2D eigenvalue weighted by Gasteiger charge is -2.02. The van der Waals surface area contributed by atoms with E-state index >= 15 is 0 Å². The summed E-state index contributed by atoms with van der Waals surface area (Å²) < 4.78 is 5.42. The molecule has 2 aromatic heterocycles. The molecule has 0 bridgehead atoms. The van der Waals surface area contributed by atoms with Gasteiger partial charge in [-0.3, -0.25) is 10.4 Å². The van der Waals surface area contributed by atoms with Crippen LogP contribution in [0.5, 0.6) is 5.75 Å². The minimum atomic E-state index is 0.307. The summed E-state index contributed by atoms with van der Waals surface area (Å²) in [5.74, 6) is 5.77. The molecule has 2 rings (SSSR count). The highest BCUT2D eigenvalue weighted by Gasteiger charge is 2.03. The van der Waals surface area contributed by atoms with Gasteiger partial charge in [0, 0.05) is 12.3 Å². The van der Waals surface area contributed by atoms with Crippen LogP contribution < -0.4 is 16.0 Å². The quantitative estimate of drug-likeness (QED) is 0.637. The summed E-state index contributed by atoms with van der Waals surface area (Å²) >= 11 is 7.08. The molecule has 0 saturated heterocycles. The van der Waals surface area contributed by atoms with Crippen molar-refractivity contribution in [3.05, 3.63) is 28.5 Å². The van der Waals surface area contributed by atoms with Crippen molar-refractivity contribution in [1.82, 2.24) is 15.2 Å². The summed E-state index contributed by atoms with van der Waals surface area (Å²) in [4.78, 5) is 3.90. The maximum atomic E-state index is 5.76. The van der Waals surface area contributed by atoms with Crippen LogP contribution in [0.4, 0.5) is 5.13 Å². The van der Waals surface area contributed by atoms with Crippen LogP contribution in [0.25, 0.3) is 0 Å². The molecule has 0 saturated carbocycles.